The van der Waals surface area contributed by atoms with Gasteiger partial charge in [0.2, 0.25) is 0 Å². The van der Waals surface area contributed by atoms with Crippen molar-refractivity contribution in [2.45, 2.75) is 25.9 Å². The van der Waals surface area contributed by atoms with E-state index in [0.717, 1.165) is 18.6 Å². The van der Waals surface area contributed by atoms with Crippen LogP contribution >= 0.6 is 0 Å². The number of likely N-dealkylation sites (N-methyl/N-ethyl adjacent to an activating group) is 1. The Balaban J connectivity index is 1.83. The molecule has 2 rings (SSSR count). The van der Waals surface area contributed by atoms with E-state index in [2.05, 4.69) is 5.32 Å². The van der Waals surface area contributed by atoms with Crippen LogP contribution in [-0.2, 0) is 0 Å². The molecule has 1 fully saturated rings. The van der Waals surface area contributed by atoms with Gasteiger partial charge in [-0.3, -0.25) is 0 Å². The fourth-order valence-electron chi connectivity index (χ4n) is 2.01. The van der Waals surface area contributed by atoms with Gasteiger partial charge in [0.1, 0.15) is 5.75 Å². The fraction of sp³-hybridized carbons (Fsp3) is 0.533. The number of nitrogens with one attached hydrogen (secondary N) is 1. The van der Waals surface area contributed by atoms with Crippen molar-refractivity contribution in [2.24, 2.45) is 5.92 Å². The lowest BCUT2D eigenvalue weighted by molar-refractivity contribution is 0.117. The van der Waals surface area contributed by atoms with Gasteiger partial charge in [0, 0.05) is 19.3 Å². The average molecular weight is 278 g/mol. The topological polar surface area (TPSA) is 61.8 Å². The number of benzene rings is 1. The third-order valence-electron chi connectivity index (χ3n) is 3.39. The molecule has 1 aliphatic rings. The fourth-order valence-corrected chi connectivity index (χ4v) is 2.01. The van der Waals surface area contributed by atoms with Crippen LogP contribution in [0.3, 0.4) is 0 Å². The Morgan fingerprint density at radius 1 is 1.45 bits per heavy atom. The molecule has 0 saturated heterocycles. The molecule has 2 amide bonds. The summed E-state index contributed by atoms with van der Waals surface area (Å²) in [5.41, 5.74) is 0.714. The van der Waals surface area contributed by atoms with Crippen molar-refractivity contribution in [3.05, 3.63) is 24.3 Å². The van der Waals surface area contributed by atoms with Crippen LogP contribution in [0.2, 0.25) is 0 Å². The van der Waals surface area contributed by atoms with Gasteiger partial charge in [-0.15, -0.1) is 0 Å². The van der Waals surface area contributed by atoms with Crippen molar-refractivity contribution in [3.63, 3.8) is 0 Å². The van der Waals surface area contributed by atoms with Gasteiger partial charge in [0.15, 0.2) is 0 Å². The molecular formula is C15H22N2O3. The molecule has 0 spiro atoms. The van der Waals surface area contributed by atoms with Gasteiger partial charge in [-0.1, -0.05) is 0 Å². The lowest BCUT2D eigenvalue weighted by Crippen LogP contribution is -2.37. The number of ether oxygens (including phenoxy) is 1. The van der Waals surface area contributed by atoms with E-state index in [0.29, 0.717) is 24.8 Å². The molecule has 5 nitrogen and oxygen atoms in total. The van der Waals surface area contributed by atoms with E-state index in [1.807, 2.05) is 19.1 Å². The second kappa shape index (κ2) is 6.61. The van der Waals surface area contributed by atoms with Gasteiger partial charge in [-0.05, 0) is 49.9 Å². The number of carbonyl (C=O) groups is 1. The molecule has 1 aromatic rings. The summed E-state index contributed by atoms with van der Waals surface area (Å²) in [5.74, 6) is 1.15. The molecule has 20 heavy (non-hydrogen) atoms. The molecule has 1 aliphatic carbocycles. The second-order valence-corrected chi connectivity index (χ2v) is 5.17. The predicted molar refractivity (Wildman–Crippen MR) is 78.0 cm³/mol. The maximum Gasteiger partial charge on any atom is 0.321 e. The number of anilines is 1. The minimum absolute atomic E-state index is 0.214. The summed E-state index contributed by atoms with van der Waals surface area (Å²) in [6.07, 6.45) is 1.72. The average Bonchev–Trinajstić information content (AvgIpc) is 3.25. The molecule has 2 N–H and O–H groups in total. The van der Waals surface area contributed by atoms with Gasteiger partial charge in [0.25, 0.3) is 0 Å². The number of hydrogen-bond donors (Lipinski definition) is 2. The van der Waals surface area contributed by atoms with E-state index >= 15 is 0 Å². The van der Waals surface area contributed by atoms with Crippen molar-refractivity contribution >= 4 is 11.7 Å². The number of aliphatic hydroxyl groups excluding tert-OH is 1. The van der Waals surface area contributed by atoms with Crippen molar-refractivity contribution in [1.82, 2.24) is 4.90 Å². The van der Waals surface area contributed by atoms with E-state index in [-0.39, 0.29) is 6.03 Å². The lowest BCUT2D eigenvalue weighted by atomic mass is 10.2. The van der Waals surface area contributed by atoms with Crippen LogP contribution in [0.25, 0.3) is 0 Å². The molecule has 5 heteroatoms. The zero-order chi connectivity index (χ0) is 14.5. The molecule has 0 radical (unpaired) electrons. The zero-order valence-corrected chi connectivity index (χ0v) is 12.0. The number of nitrogens with zero attached hydrogens (tertiary/aromatic N) is 1. The van der Waals surface area contributed by atoms with Gasteiger partial charge in [-0.2, -0.15) is 0 Å². The Morgan fingerprint density at radius 3 is 2.65 bits per heavy atom. The van der Waals surface area contributed by atoms with Crippen LogP contribution < -0.4 is 10.1 Å². The molecule has 0 bridgehead atoms. The number of rotatable bonds is 6. The first kappa shape index (κ1) is 14.7. The standard InChI is InChI=1S/C15H22N2O3/c1-3-20-13-8-6-12(7-9-13)16-15(19)17(2)10-14(18)11-4-5-11/h6-9,11,14,18H,3-5,10H2,1-2H3,(H,16,19). The van der Waals surface area contributed by atoms with E-state index in [1.165, 1.54) is 4.90 Å². The first-order valence-electron chi connectivity index (χ1n) is 7.03. The monoisotopic (exact) mass is 278 g/mol. The third-order valence-corrected chi connectivity index (χ3v) is 3.39. The highest BCUT2D eigenvalue weighted by atomic mass is 16.5. The minimum Gasteiger partial charge on any atom is -0.494 e. The number of amides is 2. The van der Waals surface area contributed by atoms with E-state index in [9.17, 15) is 9.90 Å². The van der Waals surface area contributed by atoms with Crippen LogP contribution in [-0.4, -0.2) is 42.3 Å². The molecule has 1 unspecified atom stereocenters. The predicted octanol–water partition coefficient (Wildman–Crippen LogP) is 2.32. The number of carbonyl (C=O) groups excluding carboxylic acids is 1. The number of hydrogen-bond acceptors (Lipinski definition) is 3. The minimum atomic E-state index is -0.411. The summed E-state index contributed by atoms with van der Waals surface area (Å²) >= 11 is 0. The summed E-state index contributed by atoms with van der Waals surface area (Å²) in [7, 11) is 1.69. The maximum absolute atomic E-state index is 12.0. The quantitative estimate of drug-likeness (QED) is 0.839. The van der Waals surface area contributed by atoms with Crippen molar-refractivity contribution < 1.29 is 14.6 Å². The summed E-state index contributed by atoms with van der Waals surface area (Å²) in [6.45, 7) is 2.91. The Hall–Kier alpha value is -1.75. The molecule has 110 valence electrons. The van der Waals surface area contributed by atoms with Gasteiger partial charge >= 0.3 is 6.03 Å². The Kier molecular flexibility index (Phi) is 4.84. The van der Waals surface area contributed by atoms with Crippen LogP contribution in [0.1, 0.15) is 19.8 Å². The van der Waals surface area contributed by atoms with Crippen LogP contribution in [0.4, 0.5) is 10.5 Å². The normalized spacial score (nSPS) is 15.6. The van der Waals surface area contributed by atoms with Crippen molar-refractivity contribution in [3.8, 4) is 5.75 Å². The smallest absolute Gasteiger partial charge is 0.321 e. The SMILES string of the molecule is CCOc1ccc(NC(=O)N(C)CC(O)C2CC2)cc1. The molecule has 1 aromatic carbocycles. The first-order chi connectivity index (χ1) is 9.60. The van der Waals surface area contributed by atoms with E-state index in [1.54, 1.807) is 19.2 Å². The largest absolute Gasteiger partial charge is 0.494 e. The Bertz CT molecular complexity index is 443. The van der Waals surface area contributed by atoms with E-state index in [4.69, 9.17) is 4.74 Å². The third kappa shape index (κ3) is 4.13. The first-order valence-corrected chi connectivity index (χ1v) is 7.03. The highest BCUT2D eigenvalue weighted by Crippen LogP contribution is 2.32. The van der Waals surface area contributed by atoms with Crippen molar-refractivity contribution in [2.75, 3.05) is 25.5 Å². The maximum atomic E-state index is 12.0. The molecule has 1 atom stereocenters. The van der Waals surface area contributed by atoms with Crippen LogP contribution in [0.5, 0.6) is 5.75 Å². The number of aliphatic hydroxyl groups is 1. The summed E-state index contributed by atoms with van der Waals surface area (Å²) in [5, 5.41) is 12.6. The molecule has 1 saturated carbocycles. The highest BCUT2D eigenvalue weighted by Gasteiger charge is 2.31. The Morgan fingerprint density at radius 2 is 2.10 bits per heavy atom. The Labute approximate surface area is 119 Å². The lowest BCUT2D eigenvalue weighted by Gasteiger charge is -2.21. The molecule has 0 aliphatic heterocycles. The summed E-state index contributed by atoms with van der Waals surface area (Å²) in [6, 6.07) is 7.02. The van der Waals surface area contributed by atoms with E-state index < -0.39 is 6.10 Å². The van der Waals surface area contributed by atoms with Gasteiger partial charge in [-0.25, -0.2) is 4.79 Å². The molecular weight excluding hydrogens is 256 g/mol. The molecule has 0 aromatic heterocycles. The van der Waals surface area contributed by atoms with Crippen LogP contribution in [0.15, 0.2) is 24.3 Å². The van der Waals surface area contributed by atoms with Crippen molar-refractivity contribution in [1.29, 1.82) is 0 Å². The number of urea groups is 1. The second-order valence-electron chi connectivity index (χ2n) is 5.17. The summed E-state index contributed by atoms with van der Waals surface area (Å²) in [4.78, 5) is 13.5. The highest BCUT2D eigenvalue weighted by molar-refractivity contribution is 5.89. The van der Waals surface area contributed by atoms with Crippen LogP contribution in [0, 0.1) is 5.92 Å². The summed E-state index contributed by atoms with van der Waals surface area (Å²) < 4.78 is 5.34. The van der Waals surface area contributed by atoms with Gasteiger partial charge in [0.05, 0.1) is 12.7 Å². The zero-order valence-electron chi connectivity index (χ0n) is 12.0. The van der Waals surface area contributed by atoms with Gasteiger partial charge < -0.3 is 20.1 Å². The molecule has 0 heterocycles.